The van der Waals surface area contributed by atoms with Crippen molar-refractivity contribution in [2.75, 3.05) is 0 Å². The van der Waals surface area contributed by atoms with Crippen LogP contribution in [0.4, 0.5) is 0 Å². The van der Waals surface area contributed by atoms with E-state index in [9.17, 15) is 4.79 Å². The Morgan fingerprint density at radius 2 is 2.36 bits per heavy atom. The van der Waals surface area contributed by atoms with Crippen LogP contribution in [0.25, 0.3) is 0 Å². The van der Waals surface area contributed by atoms with Crippen LogP contribution in [0.15, 0.2) is 24.3 Å². The van der Waals surface area contributed by atoms with Crippen molar-refractivity contribution in [1.29, 1.82) is 0 Å². The molecule has 0 spiro atoms. The molecule has 60 valence electrons. The number of hydrogen-bond acceptors (Lipinski definition) is 2. The Bertz CT molecular complexity index is 204. The molecule has 2 heteroatoms. The minimum Gasteiger partial charge on any atom is -0.328 e. The Morgan fingerprint density at radius 3 is 2.91 bits per heavy atom. The summed E-state index contributed by atoms with van der Waals surface area (Å²) in [5.41, 5.74) is 5.58. The standard InChI is InChI=1S/C9H13NO/c1-7(10)6-8-4-2-3-5-9(8)11/h2-5,7-8H,6,10H2,1H3. The molecule has 0 heterocycles. The monoisotopic (exact) mass is 151 g/mol. The number of nitrogens with two attached hydrogens (primary N) is 1. The van der Waals surface area contributed by atoms with Crippen LogP contribution in [0.1, 0.15) is 13.3 Å². The van der Waals surface area contributed by atoms with Crippen LogP contribution in [0.3, 0.4) is 0 Å². The summed E-state index contributed by atoms with van der Waals surface area (Å²) in [6, 6.07) is 0.0973. The molecular formula is C9H13NO. The van der Waals surface area contributed by atoms with Gasteiger partial charge in [-0.25, -0.2) is 0 Å². The van der Waals surface area contributed by atoms with Gasteiger partial charge in [0.1, 0.15) is 0 Å². The van der Waals surface area contributed by atoms with Gasteiger partial charge in [0.15, 0.2) is 5.78 Å². The van der Waals surface area contributed by atoms with E-state index in [1.54, 1.807) is 12.2 Å². The fourth-order valence-corrected chi connectivity index (χ4v) is 1.16. The fourth-order valence-electron chi connectivity index (χ4n) is 1.16. The Kier molecular flexibility index (Phi) is 2.60. The number of ketones is 1. The summed E-state index contributed by atoms with van der Waals surface area (Å²) >= 11 is 0. The molecule has 0 bridgehead atoms. The van der Waals surface area contributed by atoms with Crippen LogP contribution < -0.4 is 5.73 Å². The van der Waals surface area contributed by atoms with E-state index in [-0.39, 0.29) is 17.7 Å². The van der Waals surface area contributed by atoms with Crippen molar-refractivity contribution in [3.8, 4) is 0 Å². The first-order valence-electron chi connectivity index (χ1n) is 3.84. The first kappa shape index (κ1) is 8.21. The molecule has 0 fully saturated rings. The first-order chi connectivity index (χ1) is 5.20. The second-order valence-corrected chi connectivity index (χ2v) is 2.97. The lowest BCUT2D eigenvalue weighted by atomic mass is 9.93. The largest absolute Gasteiger partial charge is 0.328 e. The molecule has 0 radical (unpaired) electrons. The van der Waals surface area contributed by atoms with Crippen molar-refractivity contribution in [1.82, 2.24) is 0 Å². The molecule has 1 rings (SSSR count). The second kappa shape index (κ2) is 3.49. The van der Waals surface area contributed by atoms with Crippen LogP contribution in [-0.4, -0.2) is 11.8 Å². The van der Waals surface area contributed by atoms with Gasteiger partial charge in [0.05, 0.1) is 0 Å². The van der Waals surface area contributed by atoms with Crippen molar-refractivity contribution in [2.24, 2.45) is 11.7 Å². The van der Waals surface area contributed by atoms with E-state index >= 15 is 0 Å². The normalized spacial score (nSPS) is 25.6. The maximum atomic E-state index is 11.1. The topological polar surface area (TPSA) is 43.1 Å². The lowest BCUT2D eigenvalue weighted by Crippen LogP contribution is -2.23. The highest BCUT2D eigenvalue weighted by atomic mass is 16.1. The van der Waals surface area contributed by atoms with E-state index in [0.717, 1.165) is 6.42 Å². The zero-order valence-corrected chi connectivity index (χ0v) is 6.66. The van der Waals surface area contributed by atoms with Crippen LogP contribution in [0.2, 0.25) is 0 Å². The minimum atomic E-state index is 0.0139. The van der Waals surface area contributed by atoms with Crippen molar-refractivity contribution in [3.05, 3.63) is 24.3 Å². The zero-order chi connectivity index (χ0) is 8.27. The Labute approximate surface area is 66.8 Å². The molecule has 0 aliphatic heterocycles. The van der Waals surface area contributed by atoms with Crippen LogP contribution in [0.5, 0.6) is 0 Å². The molecule has 1 aliphatic carbocycles. The predicted molar refractivity (Wildman–Crippen MR) is 45.0 cm³/mol. The highest BCUT2D eigenvalue weighted by Crippen LogP contribution is 2.13. The molecule has 2 atom stereocenters. The summed E-state index contributed by atoms with van der Waals surface area (Å²) in [7, 11) is 0. The van der Waals surface area contributed by atoms with Crippen molar-refractivity contribution < 1.29 is 4.79 Å². The molecule has 0 amide bonds. The lowest BCUT2D eigenvalue weighted by Gasteiger charge is -2.13. The van der Waals surface area contributed by atoms with E-state index in [2.05, 4.69) is 0 Å². The number of carbonyl (C=O) groups is 1. The third-order valence-corrected chi connectivity index (χ3v) is 1.71. The fraction of sp³-hybridized carbons (Fsp3) is 0.444. The molecule has 0 saturated carbocycles. The molecule has 0 aromatic carbocycles. The van der Waals surface area contributed by atoms with Gasteiger partial charge in [-0.3, -0.25) is 4.79 Å². The summed E-state index contributed by atoms with van der Waals surface area (Å²) in [5.74, 6) is 0.185. The predicted octanol–water partition coefficient (Wildman–Crippen LogP) is 1.04. The van der Waals surface area contributed by atoms with E-state index in [4.69, 9.17) is 5.73 Å². The van der Waals surface area contributed by atoms with Crippen LogP contribution in [-0.2, 0) is 4.79 Å². The van der Waals surface area contributed by atoms with Crippen molar-refractivity contribution in [3.63, 3.8) is 0 Å². The van der Waals surface area contributed by atoms with Crippen LogP contribution >= 0.6 is 0 Å². The molecule has 0 saturated heterocycles. The number of hydrogen-bond donors (Lipinski definition) is 1. The number of rotatable bonds is 2. The van der Waals surface area contributed by atoms with E-state index in [1.807, 2.05) is 19.1 Å². The lowest BCUT2D eigenvalue weighted by molar-refractivity contribution is -0.117. The highest BCUT2D eigenvalue weighted by molar-refractivity contribution is 5.94. The quantitative estimate of drug-likeness (QED) is 0.640. The van der Waals surface area contributed by atoms with Gasteiger partial charge in [0, 0.05) is 12.0 Å². The Hall–Kier alpha value is -0.890. The maximum absolute atomic E-state index is 11.1. The third kappa shape index (κ3) is 2.31. The highest BCUT2D eigenvalue weighted by Gasteiger charge is 2.15. The summed E-state index contributed by atoms with van der Waals surface area (Å²) in [5, 5.41) is 0. The molecule has 1 aliphatic rings. The first-order valence-corrected chi connectivity index (χ1v) is 3.84. The van der Waals surface area contributed by atoms with Gasteiger partial charge in [-0.2, -0.15) is 0 Å². The smallest absolute Gasteiger partial charge is 0.162 e. The summed E-state index contributed by atoms with van der Waals surface area (Å²) in [6.45, 7) is 1.92. The molecule has 0 aromatic heterocycles. The van der Waals surface area contributed by atoms with Gasteiger partial charge in [-0.1, -0.05) is 18.2 Å². The van der Waals surface area contributed by atoms with Gasteiger partial charge < -0.3 is 5.73 Å². The van der Waals surface area contributed by atoms with Gasteiger partial charge >= 0.3 is 0 Å². The Balaban J connectivity index is 2.52. The SMILES string of the molecule is CC(N)CC1C=CC=CC1=O. The summed E-state index contributed by atoms with van der Waals surface area (Å²) in [4.78, 5) is 11.1. The molecule has 0 aromatic rings. The minimum absolute atomic E-state index is 0.0139. The van der Waals surface area contributed by atoms with E-state index in [0.29, 0.717) is 0 Å². The molecule has 2 nitrogen and oxygen atoms in total. The van der Waals surface area contributed by atoms with E-state index in [1.165, 1.54) is 0 Å². The molecule has 2 unspecified atom stereocenters. The average molecular weight is 151 g/mol. The maximum Gasteiger partial charge on any atom is 0.162 e. The Morgan fingerprint density at radius 1 is 1.64 bits per heavy atom. The average Bonchev–Trinajstić information content (AvgIpc) is 1.93. The summed E-state index contributed by atoms with van der Waals surface area (Å²) in [6.07, 6.45) is 7.92. The third-order valence-electron chi connectivity index (χ3n) is 1.71. The van der Waals surface area contributed by atoms with Crippen molar-refractivity contribution >= 4 is 5.78 Å². The van der Waals surface area contributed by atoms with Gasteiger partial charge in [0.2, 0.25) is 0 Å². The van der Waals surface area contributed by atoms with Gasteiger partial charge in [0.25, 0.3) is 0 Å². The number of carbonyl (C=O) groups excluding carboxylic acids is 1. The number of allylic oxidation sites excluding steroid dienone is 4. The molecule has 11 heavy (non-hydrogen) atoms. The van der Waals surface area contributed by atoms with E-state index < -0.39 is 0 Å². The van der Waals surface area contributed by atoms with Gasteiger partial charge in [-0.05, 0) is 19.4 Å². The van der Waals surface area contributed by atoms with Crippen molar-refractivity contribution in [2.45, 2.75) is 19.4 Å². The molecule has 2 N–H and O–H groups in total. The van der Waals surface area contributed by atoms with Crippen LogP contribution in [0, 0.1) is 5.92 Å². The summed E-state index contributed by atoms with van der Waals surface area (Å²) < 4.78 is 0. The zero-order valence-electron chi connectivity index (χ0n) is 6.66. The second-order valence-electron chi connectivity index (χ2n) is 2.97. The van der Waals surface area contributed by atoms with Gasteiger partial charge in [-0.15, -0.1) is 0 Å². The molecular weight excluding hydrogens is 138 g/mol.